The molecule has 0 radical (unpaired) electrons. The van der Waals surface area contributed by atoms with E-state index in [1.165, 1.54) is 18.6 Å². The molecular formula is C18H21N7O2. The number of nitriles is 1. The van der Waals surface area contributed by atoms with E-state index in [0.717, 1.165) is 32.5 Å². The molecule has 0 atom stereocenters. The summed E-state index contributed by atoms with van der Waals surface area (Å²) in [5, 5.41) is 24.6. The molecule has 1 aliphatic rings. The zero-order valence-corrected chi connectivity index (χ0v) is 15.0. The van der Waals surface area contributed by atoms with Gasteiger partial charge >= 0.3 is 5.97 Å². The fourth-order valence-electron chi connectivity index (χ4n) is 3.13. The number of carboxylic acid groups (broad SMARTS) is 1. The lowest BCUT2D eigenvalue weighted by Gasteiger charge is -2.29. The summed E-state index contributed by atoms with van der Waals surface area (Å²) in [6.07, 6.45) is 6.28. The number of nitrogens with one attached hydrogen (secondary N) is 2. The van der Waals surface area contributed by atoms with Crippen LogP contribution in [-0.2, 0) is 0 Å². The molecule has 27 heavy (non-hydrogen) atoms. The third kappa shape index (κ3) is 4.68. The molecule has 0 spiro atoms. The van der Waals surface area contributed by atoms with Gasteiger partial charge in [0.05, 0.1) is 18.1 Å². The SMILES string of the molecule is CN(CC1CCNCC1)c1cc(Nc2cnc(C#N)cn2)ncc1C(=O)O. The predicted molar refractivity (Wildman–Crippen MR) is 100 cm³/mol. The molecule has 0 aliphatic carbocycles. The highest BCUT2D eigenvalue weighted by atomic mass is 16.4. The number of nitrogens with zero attached hydrogens (tertiary/aromatic N) is 5. The van der Waals surface area contributed by atoms with Crippen LogP contribution in [0.2, 0.25) is 0 Å². The Hall–Kier alpha value is -3.25. The first-order chi connectivity index (χ1) is 13.1. The monoisotopic (exact) mass is 367 g/mol. The molecule has 1 saturated heterocycles. The number of aromatic nitrogens is 3. The average Bonchev–Trinajstić information content (AvgIpc) is 2.69. The van der Waals surface area contributed by atoms with Gasteiger partial charge in [-0.2, -0.15) is 5.26 Å². The van der Waals surface area contributed by atoms with Gasteiger partial charge in [-0.1, -0.05) is 0 Å². The van der Waals surface area contributed by atoms with Crippen LogP contribution >= 0.6 is 0 Å². The lowest BCUT2D eigenvalue weighted by Crippen LogP contribution is -2.35. The summed E-state index contributed by atoms with van der Waals surface area (Å²) in [4.78, 5) is 25.8. The minimum Gasteiger partial charge on any atom is -0.478 e. The first-order valence-corrected chi connectivity index (χ1v) is 8.71. The van der Waals surface area contributed by atoms with E-state index < -0.39 is 5.97 Å². The van der Waals surface area contributed by atoms with Crippen molar-refractivity contribution >= 4 is 23.3 Å². The van der Waals surface area contributed by atoms with Gasteiger partial charge in [-0.25, -0.2) is 19.7 Å². The van der Waals surface area contributed by atoms with Gasteiger partial charge in [-0.15, -0.1) is 0 Å². The molecule has 0 bridgehead atoms. The van der Waals surface area contributed by atoms with Gasteiger partial charge in [0.2, 0.25) is 0 Å². The van der Waals surface area contributed by atoms with Crippen LogP contribution in [0.25, 0.3) is 0 Å². The normalized spacial score (nSPS) is 14.4. The fourth-order valence-corrected chi connectivity index (χ4v) is 3.13. The summed E-state index contributed by atoms with van der Waals surface area (Å²) >= 11 is 0. The Balaban J connectivity index is 1.80. The summed E-state index contributed by atoms with van der Waals surface area (Å²) < 4.78 is 0. The van der Waals surface area contributed by atoms with Crippen molar-refractivity contribution in [3.05, 3.63) is 35.9 Å². The zero-order valence-electron chi connectivity index (χ0n) is 15.0. The van der Waals surface area contributed by atoms with Gasteiger partial charge in [0.25, 0.3) is 0 Å². The van der Waals surface area contributed by atoms with Crippen molar-refractivity contribution in [1.82, 2.24) is 20.3 Å². The summed E-state index contributed by atoms with van der Waals surface area (Å²) in [6, 6.07) is 3.61. The molecule has 2 aromatic rings. The predicted octanol–water partition coefficient (Wildman–Crippen LogP) is 1.62. The van der Waals surface area contributed by atoms with Crippen LogP contribution in [0.3, 0.4) is 0 Å². The van der Waals surface area contributed by atoms with E-state index in [9.17, 15) is 9.90 Å². The van der Waals surface area contributed by atoms with Crippen LogP contribution in [0, 0.1) is 17.2 Å². The second-order valence-corrected chi connectivity index (χ2v) is 6.49. The molecule has 0 saturated carbocycles. The molecule has 1 fully saturated rings. The summed E-state index contributed by atoms with van der Waals surface area (Å²) in [6.45, 7) is 2.76. The molecule has 2 aromatic heterocycles. The van der Waals surface area contributed by atoms with Gasteiger partial charge in [0, 0.05) is 25.9 Å². The third-order valence-electron chi connectivity index (χ3n) is 4.54. The van der Waals surface area contributed by atoms with Crippen molar-refractivity contribution in [1.29, 1.82) is 5.26 Å². The van der Waals surface area contributed by atoms with Crippen molar-refractivity contribution in [2.24, 2.45) is 5.92 Å². The van der Waals surface area contributed by atoms with E-state index in [1.54, 1.807) is 6.07 Å². The molecule has 1 aliphatic heterocycles. The molecule has 0 amide bonds. The number of piperidine rings is 1. The van der Waals surface area contributed by atoms with Crippen molar-refractivity contribution in [3.63, 3.8) is 0 Å². The molecule has 9 heteroatoms. The van der Waals surface area contributed by atoms with E-state index in [1.807, 2.05) is 18.0 Å². The van der Waals surface area contributed by atoms with Crippen molar-refractivity contribution in [2.75, 3.05) is 36.9 Å². The Labute approximate surface area is 157 Å². The van der Waals surface area contributed by atoms with E-state index in [0.29, 0.717) is 23.2 Å². The standard InChI is InChI=1S/C18H21N7O2/c1-25(11-12-2-4-20-5-3-12)15-6-16(23-9-14(15)18(26)27)24-17-10-21-13(7-19)8-22-17/h6,8-10,12,20H,2-5,11H2,1H3,(H,26,27)(H,22,23,24). The smallest absolute Gasteiger partial charge is 0.339 e. The molecular weight excluding hydrogens is 346 g/mol. The quantitative estimate of drug-likeness (QED) is 0.698. The Morgan fingerprint density at radius 1 is 1.30 bits per heavy atom. The van der Waals surface area contributed by atoms with Crippen LogP contribution in [0.4, 0.5) is 17.3 Å². The Morgan fingerprint density at radius 2 is 2.04 bits per heavy atom. The van der Waals surface area contributed by atoms with Gasteiger partial charge in [0.1, 0.15) is 23.3 Å². The number of hydrogen-bond acceptors (Lipinski definition) is 8. The molecule has 0 aromatic carbocycles. The molecule has 0 unspecified atom stereocenters. The number of pyridine rings is 1. The molecule has 3 rings (SSSR count). The minimum atomic E-state index is -1.01. The molecule has 140 valence electrons. The van der Waals surface area contributed by atoms with E-state index in [-0.39, 0.29) is 11.3 Å². The van der Waals surface area contributed by atoms with Crippen molar-refractivity contribution in [3.8, 4) is 6.07 Å². The average molecular weight is 367 g/mol. The number of rotatable bonds is 6. The number of carboxylic acids is 1. The van der Waals surface area contributed by atoms with E-state index in [4.69, 9.17) is 5.26 Å². The maximum Gasteiger partial charge on any atom is 0.339 e. The van der Waals surface area contributed by atoms with Gasteiger partial charge in [-0.05, 0) is 31.8 Å². The first kappa shape index (κ1) is 18.5. The highest BCUT2D eigenvalue weighted by molar-refractivity contribution is 5.94. The largest absolute Gasteiger partial charge is 0.478 e. The van der Waals surface area contributed by atoms with Crippen LogP contribution in [0.15, 0.2) is 24.7 Å². The number of hydrogen-bond donors (Lipinski definition) is 3. The van der Waals surface area contributed by atoms with Gasteiger partial charge < -0.3 is 20.6 Å². The molecule has 3 heterocycles. The topological polar surface area (TPSA) is 127 Å². The summed E-state index contributed by atoms with van der Waals surface area (Å²) in [5.74, 6) is 0.397. The number of aromatic carboxylic acids is 1. The van der Waals surface area contributed by atoms with Crippen molar-refractivity contribution < 1.29 is 9.90 Å². The van der Waals surface area contributed by atoms with Crippen molar-refractivity contribution in [2.45, 2.75) is 12.8 Å². The Bertz CT molecular complexity index is 842. The Kier molecular flexibility index (Phi) is 5.78. The highest BCUT2D eigenvalue weighted by Gasteiger charge is 2.20. The lowest BCUT2D eigenvalue weighted by molar-refractivity contribution is 0.0697. The number of carbonyl (C=O) groups is 1. The second kappa shape index (κ2) is 8.42. The summed E-state index contributed by atoms with van der Waals surface area (Å²) in [5.41, 5.74) is 0.972. The maximum atomic E-state index is 11.6. The first-order valence-electron chi connectivity index (χ1n) is 8.71. The van der Waals surface area contributed by atoms with Gasteiger partial charge in [0.15, 0.2) is 5.69 Å². The molecule has 3 N–H and O–H groups in total. The highest BCUT2D eigenvalue weighted by Crippen LogP contribution is 2.26. The maximum absolute atomic E-state index is 11.6. The van der Waals surface area contributed by atoms with Gasteiger partial charge in [-0.3, -0.25) is 0 Å². The van der Waals surface area contributed by atoms with Crippen LogP contribution in [0.5, 0.6) is 0 Å². The third-order valence-corrected chi connectivity index (χ3v) is 4.54. The zero-order chi connectivity index (χ0) is 19.2. The van der Waals surface area contributed by atoms with Crippen LogP contribution in [-0.4, -0.2) is 52.7 Å². The molecule has 9 nitrogen and oxygen atoms in total. The minimum absolute atomic E-state index is 0.155. The van der Waals surface area contributed by atoms with E-state index >= 15 is 0 Å². The second-order valence-electron chi connectivity index (χ2n) is 6.49. The Morgan fingerprint density at radius 3 is 2.67 bits per heavy atom. The lowest BCUT2D eigenvalue weighted by atomic mass is 9.97. The van der Waals surface area contributed by atoms with Crippen LogP contribution in [0.1, 0.15) is 28.9 Å². The van der Waals surface area contributed by atoms with Crippen LogP contribution < -0.4 is 15.5 Å². The summed E-state index contributed by atoms with van der Waals surface area (Å²) in [7, 11) is 1.90. The number of anilines is 3. The van der Waals surface area contributed by atoms with E-state index in [2.05, 4.69) is 25.6 Å². The fraction of sp³-hybridized carbons (Fsp3) is 0.389.